The van der Waals surface area contributed by atoms with E-state index in [0.717, 1.165) is 28.7 Å². The van der Waals surface area contributed by atoms with Crippen LogP contribution in [-0.2, 0) is 7.05 Å². The first-order chi connectivity index (χ1) is 17.5. The zero-order chi connectivity index (χ0) is 25.1. The summed E-state index contributed by atoms with van der Waals surface area (Å²) in [6.45, 7) is 1.73. The van der Waals surface area contributed by atoms with Crippen molar-refractivity contribution in [2.45, 2.75) is 6.42 Å². The van der Waals surface area contributed by atoms with Crippen LogP contribution in [0, 0.1) is 5.92 Å². The molecule has 3 N–H and O–H groups in total. The number of hydrogen-bond donors (Lipinski definition) is 2. The van der Waals surface area contributed by atoms with Crippen LogP contribution in [0.2, 0.25) is 0 Å². The van der Waals surface area contributed by atoms with E-state index in [4.69, 9.17) is 5.73 Å². The van der Waals surface area contributed by atoms with Gasteiger partial charge in [0.25, 0.3) is 11.8 Å². The smallest absolute Gasteiger partial charge is 0.255 e. The van der Waals surface area contributed by atoms with Gasteiger partial charge in [0.15, 0.2) is 0 Å². The quantitative estimate of drug-likeness (QED) is 0.438. The third kappa shape index (κ3) is 4.98. The molecule has 1 aliphatic rings. The number of likely N-dealkylation sites (tertiary alicyclic amines) is 1. The molecule has 2 aromatic heterocycles. The molecule has 2 aromatic carbocycles. The minimum atomic E-state index is -0.271. The molecular formula is C28H28N6O2. The van der Waals surface area contributed by atoms with Crippen LogP contribution in [-0.4, -0.2) is 51.1 Å². The Hall–Kier alpha value is -4.46. The molecule has 0 spiro atoms. The lowest BCUT2D eigenvalue weighted by molar-refractivity contribution is 0.0787. The third-order valence-corrected chi connectivity index (χ3v) is 6.56. The van der Waals surface area contributed by atoms with Crippen LogP contribution in [0.5, 0.6) is 0 Å². The number of aromatic nitrogens is 3. The summed E-state index contributed by atoms with van der Waals surface area (Å²) in [5, 5.41) is 7.14. The monoisotopic (exact) mass is 480 g/mol. The summed E-state index contributed by atoms with van der Waals surface area (Å²) in [6.07, 6.45) is 6.04. The number of nitrogens with zero attached hydrogens (tertiary/aromatic N) is 4. The lowest BCUT2D eigenvalue weighted by Crippen LogP contribution is -2.33. The molecule has 0 aliphatic carbocycles. The van der Waals surface area contributed by atoms with Gasteiger partial charge in [0, 0.05) is 55.8 Å². The topological polar surface area (TPSA) is 106 Å². The van der Waals surface area contributed by atoms with Crippen LogP contribution in [0.4, 0.5) is 5.82 Å². The lowest BCUT2D eigenvalue weighted by Gasteiger charge is -2.17. The second kappa shape index (κ2) is 10.0. The van der Waals surface area contributed by atoms with Crippen molar-refractivity contribution in [1.82, 2.24) is 25.0 Å². The van der Waals surface area contributed by atoms with Crippen LogP contribution >= 0.6 is 0 Å². The van der Waals surface area contributed by atoms with Gasteiger partial charge >= 0.3 is 0 Å². The minimum Gasteiger partial charge on any atom is -0.383 e. The number of carbonyl (C=O) groups is 2. The molecule has 1 aliphatic heterocycles. The summed E-state index contributed by atoms with van der Waals surface area (Å²) >= 11 is 0. The highest BCUT2D eigenvalue weighted by molar-refractivity contribution is 5.99. The van der Waals surface area contributed by atoms with Gasteiger partial charge in [-0.3, -0.25) is 14.3 Å². The molecule has 3 heterocycles. The first kappa shape index (κ1) is 23.3. The van der Waals surface area contributed by atoms with Crippen molar-refractivity contribution < 1.29 is 9.59 Å². The molecule has 4 aromatic rings. The molecule has 182 valence electrons. The summed E-state index contributed by atoms with van der Waals surface area (Å²) < 4.78 is 1.69. The number of hydrogen-bond acceptors (Lipinski definition) is 5. The molecule has 5 rings (SSSR count). The van der Waals surface area contributed by atoms with Crippen molar-refractivity contribution in [3.63, 3.8) is 0 Å². The Balaban J connectivity index is 1.17. The van der Waals surface area contributed by atoms with E-state index in [9.17, 15) is 9.59 Å². The molecule has 0 saturated carbocycles. The summed E-state index contributed by atoms with van der Waals surface area (Å²) in [6, 6.07) is 19.5. The zero-order valence-electron chi connectivity index (χ0n) is 20.1. The molecule has 0 bridgehead atoms. The maximum atomic E-state index is 13.0. The number of rotatable bonds is 6. The molecule has 0 radical (unpaired) electrons. The zero-order valence-corrected chi connectivity index (χ0v) is 20.1. The fraction of sp³-hybridized carbons (Fsp3) is 0.214. The predicted molar refractivity (Wildman–Crippen MR) is 139 cm³/mol. The Kier molecular flexibility index (Phi) is 6.49. The van der Waals surface area contributed by atoms with Crippen molar-refractivity contribution in [2.24, 2.45) is 13.0 Å². The third-order valence-electron chi connectivity index (χ3n) is 6.56. The molecule has 8 heteroatoms. The number of aryl methyl sites for hydroxylation is 1. The van der Waals surface area contributed by atoms with Crippen molar-refractivity contribution >= 4 is 17.6 Å². The summed E-state index contributed by atoms with van der Waals surface area (Å²) in [7, 11) is 1.83. The van der Waals surface area contributed by atoms with E-state index in [2.05, 4.69) is 27.5 Å². The van der Waals surface area contributed by atoms with Crippen molar-refractivity contribution in [3.8, 4) is 22.3 Å². The molecule has 1 saturated heterocycles. The molecular weight excluding hydrogens is 452 g/mol. The number of amides is 2. The first-order valence-electron chi connectivity index (χ1n) is 12.0. The Labute approximate surface area is 209 Å². The minimum absolute atomic E-state index is 0.0149. The number of pyridine rings is 1. The SMILES string of the molecule is Cn1cc(-c2cnc(N)c(C(=O)NCC3CCN(C(=O)c4ccc(-c5ccccc5)cc4)C3)c2)cn1. The van der Waals surface area contributed by atoms with Gasteiger partial charge in [-0.05, 0) is 41.7 Å². The fourth-order valence-electron chi connectivity index (χ4n) is 4.52. The van der Waals surface area contributed by atoms with E-state index in [1.54, 1.807) is 23.1 Å². The standard InChI is InChI=1S/C28H28N6O2/c1-33-18-24(16-32-33)23-13-25(26(29)30-15-23)27(35)31-14-19-11-12-34(17-19)28(36)22-9-7-21(8-10-22)20-5-3-2-4-6-20/h2-10,13,15-16,18-19H,11-12,14,17H2,1H3,(H2,29,30)(H,31,35). The lowest BCUT2D eigenvalue weighted by atomic mass is 10.0. The molecule has 36 heavy (non-hydrogen) atoms. The van der Waals surface area contributed by atoms with Gasteiger partial charge < -0.3 is 16.0 Å². The number of carbonyl (C=O) groups excluding carboxylic acids is 2. The van der Waals surface area contributed by atoms with Crippen LogP contribution in [0.3, 0.4) is 0 Å². The first-order valence-corrected chi connectivity index (χ1v) is 12.0. The van der Waals surface area contributed by atoms with Crippen molar-refractivity contribution in [3.05, 3.63) is 90.4 Å². The largest absolute Gasteiger partial charge is 0.383 e. The normalized spacial score (nSPS) is 15.1. The van der Waals surface area contributed by atoms with Crippen LogP contribution < -0.4 is 11.1 Å². The molecule has 8 nitrogen and oxygen atoms in total. The van der Waals surface area contributed by atoms with E-state index >= 15 is 0 Å². The number of benzene rings is 2. The Morgan fingerprint density at radius 2 is 1.75 bits per heavy atom. The fourth-order valence-corrected chi connectivity index (χ4v) is 4.52. The van der Waals surface area contributed by atoms with Gasteiger partial charge in [0.1, 0.15) is 5.82 Å². The average molecular weight is 481 g/mol. The van der Waals surface area contributed by atoms with E-state index in [0.29, 0.717) is 30.8 Å². The van der Waals surface area contributed by atoms with Crippen LogP contribution in [0.25, 0.3) is 22.3 Å². The Morgan fingerprint density at radius 1 is 1.00 bits per heavy atom. The highest BCUT2D eigenvalue weighted by Gasteiger charge is 2.27. The molecule has 1 fully saturated rings. The van der Waals surface area contributed by atoms with Gasteiger partial charge in [-0.1, -0.05) is 42.5 Å². The average Bonchev–Trinajstić information content (AvgIpc) is 3.57. The Morgan fingerprint density at radius 3 is 2.47 bits per heavy atom. The highest BCUT2D eigenvalue weighted by Crippen LogP contribution is 2.24. The molecule has 2 amide bonds. The predicted octanol–water partition coefficient (Wildman–Crippen LogP) is 3.62. The number of nitrogens with one attached hydrogen (secondary N) is 1. The summed E-state index contributed by atoms with van der Waals surface area (Å²) in [5.41, 5.74) is 10.8. The van der Waals surface area contributed by atoms with Gasteiger partial charge in [0.05, 0.1) is 11.8 Å². The summed E-state index contributed by atoms with van der Waals surface area (Å²) in [4.78, 5) is 31.9. The second-order valence-electron chi connectivity index (χ2n) is 9.12. The Bertz CT molecular complexity index is 1380. The second-order valence-corrected chi connectivity index (χ2v) is 9.12. The molecule has 1 atom stereocenters. The highest BCUT2D eigenvalue weighted by atomic mass is 16.2. The van der Waals surface area contributed by atoms with E-state index in [1.165, 1.54) is 0 Å². The van der Waals surface area contributed by atoms with E-state index in [1.807, 2.05) is 60.6 Å². The van der Waals surface area contributed by atoms with E-state index in [-0.39, 0.29) is 23.6 Å². The van der Waals surface area contributed by atoms with Gasteiger partial charge in [0.2, 0.25) is 0 Å². The number of nitrogen functional groups attached to an aromatic ring is 1. The number of anilines is 1. The summed E-state index contributed by atoms with van der Waals surface area (Å²) in [5.74, 6) is 0.104. The molecule has 1 unspecified atom stereocenters. The van der Waals surface area contributed by atoms with Crippen molar-refractivity contribution in [2.75, 3.05) is 25.4 Å². The maximum absolute atomic E-state index is 13.0. The van der Waals surface area contributed by atoms with Gasteiger partial charge in [-0.25, -0.2) is 4.98 Å². The number of nitrogens with two attached hydrogens (primary N) is 1. The van der Waals surface area contributed by atoms with Gasteiger partial charge in [-0.15, -0.1) is 0 Å². The van der Waals surface area contributed by atoms with Crippen LogP contribution in [0.1, 0.15) is 27.1 Å². The maximum Gasteiger partial charge on any atom is 0.255 e. The van der Waals surface area contributed by atoms with Crippen LogP contribution in [0.15, 0.2) is 79.3 Å². The van der Waals surface area contributed by atoms with E-state index < -0.39 is 0 Å². The van der Waals surface area contributed by atoms with Gasteiger partial charge in [-0.2, -0.15) is 5.10 Å². The van der Waals surface area contributed by atoms with Crippen molar-refractivity contribution in [1.29, 1.82) is 0 Å².